The Balaban J connectivity index is 1.24. The van der Waals surface area contributed by atoms with Crippen LogP contribution in [0.1, 0.15) is 36.6 Å². The number of nitrogens with one attached hydrogen (secondary N) is 1. The number of benzene rings is 2. The van der Waals surface area contributed by atoms with Crippen molar-refractivity contribution in [1.29, 1.82) is 0 Å². The molecule has 0 aliphatic carbocycles. The average Bonchev–Trinajstić information content (AvgIpc) is 3.59. The highest BCUT2D eigenvalue weighted by atomic mass is 16.5. The first kappa shape index (κ1) is 30.6. The maximum absolute atomic E-state index is 6.89. The molecule has 6 heterocycles. The van der Waals surface area contributed by atoms with E-state index in [-0.39, 0.29) is 6.23 Å². The fraction of sp³-hybridized carbons (Fsp3) is 0.306. The number of aryl methyl sites for hydroxylation is 1. The second kappa shape index (κ2) is 13.1. The highest BCUT2D eigenvalue weighted by Gasteiger charge is 2.26. The number of pyridine rings is 2. The molecule has 2 aromatic carbocycles. The molecule has 1 N–H and O–H groups in total. The maximum atomic E-state index is 6.89. The highest BCUT2D eigenvalue weighted by molar-refractivity contribution is 5.96. The molecule has 2 aliphatic rings. The van der Waals surface area contributed by atoms with Crippen molar-refractivity contribution >= 4 is 39.1 Å². The topological polar surface area (TPSA) is 131 Å². The van der Waals surface area contributed by atoms with Crippen LogP contribution < -0.4 is 29.2 Å². The SMILES string of the molecule is COc1ccc(CNc2ncnc3cc(N4CCOc5cnccc54)nc(Oc4c(C)ccc5c4cnn5C4CCCCO4)c23)c(OC)c1. The smallest absolute Gasteiger partial charge is 0.234 e. The van der Waals surface area contributed by atoms with Crippen LogP contribution in [0.5, 0.6) is 28.9 Å². The van der Waals surface area contributed by atoms with E-state index >= 15 is 0 Å². The average molecular weight is 661 g/mol. The second-order valence-corrected chi connectivity index (χ2v) is 11.9. The van der Waals surface area contributed by atoms with E-state index in [4.69, 9.17) is 38.8 Å². The van der Waals surface area contributed by atoms with Crippen LogP contribution in [0.15, 0.2) is 67.4 Å². The normalized spacial score (nSPS) is 15.9. The molecule has 1 fully saturated rings. The van der Waals surface area contributed by atoms with Crippen LogP contribution in [0.3, 0.4) is 0 Å². The lowest BCUT2D eigenvalue weighted by Crippen LogP contribution is -2.29. The minimum Gasteiger partial charge on any atom is -0.497 e. The lowest BCUT2D eigenvalue weighted by Gasteiger charge is -2.30. The summed E-state index contributed by atoms with van der Waals surface area (Å²) in [5, 5.41) is 9.75. The molecule has 49 heavy (non-hydrogen) atoms. The fourth-order valence-corrected chi connectivity index (χ4v) is 6.45. The molecule has 2 aliphatic heterocycles. The van der Waals surface area contributed by atoms with Crippen molar-refractivity contribution < 1.29 is 23.7 Å². The van der Waals surface area contributed by atoms with Crippen LogP contribution in [-0.4, -0.2) is 63.7 Å². The van der Waals surface area contributed by atoms with Crippen molar-refractivity contribution in [2.75, 3.05) is 44.2 Å². The molecule has 250 valence electrons. The first-order chi connectivity index (χ1) is 24.1. The number of hydrogen-bond acceptors (Lipinski definition) is 12. The number of anilines is 3. The van der Waals surface area contributed by atoms with E-state index in [1.54, 1.807) is 32.9 Å². The van der Waals surface area contributed by atoms with Gasteiger partial charge in [0.05, 0.1) is 55.3 Å². The summed E-state index contributed by atoms with van der Waals surface area (Å²) in [6.07, 6.45) is 9.81. The number of hydrogen-bond donors (Lipinski definition) is 1. The summed E-state index contributed by atoms with van der Waals surface area (Å²) < 4.78 is 31.9. The molecule has 13 heteroatoms. The van der Waals surface area contributed by atoms with Gasteiger partial charge < -0.3 is 33.9 Å². The van der Waals surface area contributed by atoms with Crippen LogP contribution in [0.2, 0.25) is 0 Å². The van der Waals surface area contributed by atoms with Gasteiger partial charge in [-0.3, -0.25) is 4.98 Å². The third-order valence-corrected chi connectivity index (χ3v) is 8.97. The van der Waals surface area contributed by atoms with Gasteiger partial charge in [-0.1, -0.05) is 6.07 Å². The summed E-state index contributed by atoms with van der Waals surface area (Å²) in [6.45, 7) is 4.24. The predicted molar refractivity (Wildman–Crippen MR) is 184 cm³/mol. The molecule has 13 nitrogen and oxygen atoms in total. The summed E-state index contributed by atoms with van der Waals surface area (Å²) in [5.74, 6) is 4.35. The summed E-state index contributed by atoms with van der Waals surface area (Å²) in [4.78, 5) is 20.8. The van der Waals surface area contributed by atoms with Crippen molar-refractivity contribution in [3.63, 3.8) is 0 Å². The largest absolute Gasteiger partial charge is 0.497 e. The first-order valence-electron chi connectivity index (χ1n) is 16.3. The molecule has 6 aromatic rings. The Bertz CT molecular complexity index is 2150. The molecular formula is C36H36N8O5. The number of nitrogens with zero attached hydrogens (tertiary/aromatic N) is 7. The Morgan fingerprint density at radius 3 is 2.80 bits per heavy atom. The molecule has 0 bridgehead atoms. The fourth-order valence-electron chi connectivity index (χ4n) is 6.45. The number of fused-ring (bicyclic) bond motifs is 3. The summed E-state index contributed by atoms with van der Waals surface area (Å²) >= 11 is 0. The van der Waals surface area contributed by atoms with Gasteiger partial charge in [0.1, 0.15) is 47.2 Å². The lowest BCUT2D eigenvalue weighted by atomic mass is 10.1. The molecule has 0 amide bonds. The van der Waals surface area contributed by atoms with E-state index in [9.17, 15) is 0 Å². The number of rotatable bonds is 9. The van der Waals surface area contributed by atoms with Gasteiger partial charge in [-0.25, -0.2) is 14.6 Å². The van der Waals surface area contributed by atoms with Gasteiger partial charge >= 0.3 is 0 Å². The van der Waals surface area contributed by atoms with Crippen molar-refractivity contribution in [3.8, 4) is 28.9 Å². The minimum atomic E-state index is -0.112. The molecule has 1 saturated heterocycles. The maximum Gasteiger partial charge on any atom is 0.234 e. The predicted octanol–water partition coefficient (Wildman–Crippen LogP) is 6.73. The first-order valence-corrected chi connectivity index (χ1v) is 16.3. The Morgan fingerprint density at radius 1 is 1.00 bits per heavy atom. The third kappa shape index (κ3) is 5.75. The second-order valence-electron chi connectivity index (χ2n) is 11.9. The van der Waals surface area contributed by atoms with E-state index < -0.39 is 0 Å². The Labute approximate surface area is 282 Å². The monoisotopic (exact) mass is 660 g/mol. The van der Waals surface area contributed by atoms with E-state index in [2.05, 4.69) is 26.3 Å². The Kier molecular flexibility index (Phi) is 8.17. The number of aromatic nitrogens is 6. The molecule has 4 aromatic heterocycles. The molecule has 0 radical (unpaired) electrons. The van der Waals surface area contributed by atoms with Crippen LogP contribution in [-0.2, 0) is 11.3 Å². The van der Waals surface area contributed by atoms with Gasteiger partial charge in [-0.15, -0.1) is 0 Å². The van der Waals surface area contributed by atoms with Crippen LogP contribution in [0.4, 0.5) is 17.3 Å². The molecule has 0 spiro atoms. The van der Waals surface area contributed by atoms with Crippen molar-refractivity contribution in [3.05, 3.63) is 78.5 Å². The van der Waals surface area contributed by atoms with E-state index in [0.717, 1.165) is 53.6 Å². The van der Waals surface area contributed by atoms with Crippen molar-refractivity contribution in [2.24, 2.45) is 0 Å². The quantitative estimate of drug-likeness (QED) is 0.176. The zero-order chi connectivity index (χ0) is 33.3. The molecule has 8 rings (SSSR count). The standard InChI is InChI=1S/C36H36N8O5/c1-22-7-10-27-25(19-41-44(27)32-6-4-5-14-48-32)34(22)49-36-33-26(17-31(42-36)43-13-15-47-30-20-37-12-11-28(30)43)39-21-40-35(33)38-18-23-8-9-24(45-2)16-29(23)46-3/h7-12,16-17,19-21,32H,4-6,13-15,18H2,1-3H3,(H,38,39,40). The van der Waals surface area contributed by atoms with Crippen LogP contribution in [0.25, 0.3) is 21.8 Å². The van der Waals surface area contributed by atoms with Crippen LogP contribution in [0, 0.1) is 6.92 Å². The molecule has 0 saturated carbocycles. The van der Waals surface area contributed by atoms with E-state index in [1.165, 1.54) is 0 Å². The molecule has 1 atom stereocenters. The zero-order valence-electron chi connectivity index (χ0n) is 27.5. The van der Waals surface area contributed by atoms with Crippen molar-refractivity contribution in [2.45, 2.75) is 39.0 Å². The van der Waals surface area contributed by atoms with Gasteiger partial charge in [0.2, 0.25) is 5.88 Å². The van der Waals surface area contributed by atoms with E-state index in [0.29, 0.717) is 71.1 Å². The van der Waals surface area contributed by atoms with Crippen LogP contribution >= 0.6 is 0 Å². The van der Waals surface area contributed by atoms with Gasteiger partial charge in [-0.2, -0.15) is 10.1 Å². The van der Waals surface area contributed by atoms with Crippen molar-refractivity contribution in [1.82, 2.24) is 29.7 Å². The van der Waals surface area contributed by atoms with Gasteiger partial charge in [-0.05, 0) is 56.0 Å². The molecular weight excluding hydrogens is 624 g/mol. The van der Waals surface area contributed by atoms with Gasteiger partial charge in [0, 0.05) is 37.0 Å². The number of methoxy groups -OCH3 is 2. The summed E-state index contributed by atoms with van der Waals surface area (Å²) in [6, 6.07) is 13.7. The van der Waals surface area contributed by atoms with Gasteiger partial charge in [0.25, 0.3) is 0 Å². The number of ether oxygens (including phenoxy) is 5. The van der Waals surface area contributed by atoms with Gasteiger partial charge in [0.15, 0.2) is 12.0 Å². The lowest BCUT2D eigenvalue weighted by molar-refractivity contribution is -0.0366. The van der Waals surface area contributed by atoms with E-state index in [1.807, 2.05) is 54.2 Å². The summed E-state index contributed by atoms with van der Waals surface area (Å²) in [5.41, 5.74) is 4.33. The summed E-state index contributed by atoms with van der Waals surface area (Å²) in [7, 11) is 3.27. The Hall–Kier alpha value is -5.69. The zero-order valence-corrected chi connectivity index (χ0v) is 27.5. The Morgan fingerprint density at radius 2 is 1.94 bits per heavy atom. The minimum absolute atomic E-state index is 0.112. The highest BCUT2D eigenvalue weighted by Crippen LogP contribution is 2.42. The third-order valence-electron chi connectivity index (χ3n) is 8.97. The molecule has 1 unspecified atom stereocenters.